The number of ether oxygens (including phenoxy) is 4. The quantitative estimate of drug-likeness (QED) is 0.485. The van der Waals surface area contributed by atoms with E-state index in [1.165, 1.54) is 0 Å². The van der Waals surface area contributed by atoms with Gasteiger partial charge in [0.1, 0.15) is 13.2 Å². The standard InChI is InChI=1S/C18H30O4/c1-3-5-11-19-13-15-21-17-9-7-8-10-18(17)22-16-14-20-12-6-4-2/h7-10H,3-6,11-16H2,1-2H3. The van der Waals surface area contributed by atoms with Crippen molar-refractivity contribution in [3.63, 3.8) is 0 Å². The monoisotopic (exact) mass is 310 g/mol. The lowest BCUT2D eigenvalue weighted by atomic mass is 10.3. The summed E-state index contributed by atoms with van der Waals surface area (Å²) >= 11 is 0. The maximum atomic E-state index is 5.72. The van der Waals surface area contributed by atoms with Crippen LogP contribution in [0.25, 0.3) is 0 Å². The molecule has 0 saturated carbocycles. The van der Waals surface area contributed by atoms with Crippen molar-refractivity contribution in [2.75, 3.05) is 39.6 Å². The van der Waals surface area contributed by atoms with Crippen LogP contribution < -0.4 is 9.47 Å². The number of hydrogen-bond donors (Lipinski definition) is 0. The van der Waals surface area contributed by atoms with Crippen LogP contribution in [0.5, 0.6) is 11.5 Å². The highest BCUT2D eigenvalue weighted by Crippen LogP contribution is 2.26. The van der Waals surface area contributed by atoms with Gasteiger partial charge in [0.25, 0.3) is 0 Å². The van der Waals surface area contributed by atoms with E-state index in [1.807, 2.05) is 24.3 Å². The number of benzene rings is 1. The first-order valence-electron chi connectivity index (χ1n) is 8.38. The van der Waals surface area contributed by atoms with E-state index in [1.54, 1.807) is 0 Å². The van der Waals surface area contributed by atoms with Gasteiger partial charge in [-0.2, -0.15) is 0 Å². The van der Waals surface area contributed by atoms with Crippen molar-refractivity contribution in [1.82, 2.24) is 0 Å². The highest BCUT2D eigenvalue weighted by atomic mass is 16.6. The van der Waals surface area contributed by atoms with E-state index in [2.05, 4.69) is 13.8 Å². The summed E-state index contributed by atoms with van der Waals surface area (Å²) in [4.78, 5) is 0. The van der Waals surface area contributed by atoms with E-state index in [4.69, 9.17) is 18.9 Å². The van der Waals surface area contributed by atoms with Crippen molar-refractivity contribution < 1.29 is 18.9 Å². The molecule has 126 valence electrons. The number of para-hydroxylation sites is 2. The second kappa shape index (κ2) is 13.4. The van der Waals surface area contributed by atoms with Crippen LogP contribution in [0.15, 0.2) is 24.3 Å². The molecule has 0 bridgehead atoms. The molecule has 0 spiro atoms. The number of unbranched alkanes of at least 4 members (excludes halogenated alkanes) is 2. The maximum absolute atomic E-state index is 5.72. The lowest BCUT2D eigenvalue weighted by Crippen LogP contribution is -2.10. The first kappa shape index (κ1) is 18.8. The van der Waals surface area contributed by atoms with E-state index >= 15 is 0 Å². The van der Waals surface area contributed by atoms with Gasteiger partial charge in [0.15, 0.2) is 11.5 Å². The fourth-order valence-electron chi connectivity index (χ4n) is 1.81. The van der Waals surface area contributed by atoms with Crippen LogP contribution in [0.2, 0.25) is 0 Å². The van der Waals surface area contributed by atoms with Crippen molar-refractivity contribution in [3.8, 4) is 11.5 Å². The van der Waals surface area contributed by atoms with Gasteiger partial charge in [-0.15, -0.1) is 0 Å². The highest BCUT2D eigenvalue weighted by molar-refractivity contribution is 5.39. The zero-order valence-electron chi connectivity index (χ0n) is 14.0. The second-order valence-corrected chi connectivity index (χ2v) is 5.08. The molecule has 4 heteroatoms. The molecule has 4 nitrogen and oxygen atoms in total. The minimum absolute atomic E-state index is 0.539. The Labute approximate surface area is 134 Å². The van der Waals surface area contributed by atoms with Gasteiger partial charge >= 0.3 is 0 Å². The Bertz CT molecular complexity index is 333. The summed E-state index contributed by atoms with van der Waals surface area (Å²) < 4.78 is 22.4. The lowest BCUT2D eigenvalue weighted by Gasteiger charge is -2.13. The van der Waals surface area contributed by atoms with Crippen LogP contribution in [0.4, 0.5) is 0 Å². The minimum Gasteiger partial charge on any atom is -0.487 e. The van der Waals surface area contributed by atoms with Gasteiger partial charge in [-0.1, -0.05) is 38.8 Å². The predicted molar refractivity (Wildman–Crippen MR) is 88.9 cm³/mol. The topological polar surface area (TPSA) is 36.9 Å². The summed E-state index contributed by atoms with van der Waals surface area (Å²) in [6.07, 6.45) is 4.49. The van der Waals surface area contributed by atoms with Crippen LogP contribution in [0.3, 0.4) is 0 Å². The zero-order valence-corrected chi connectivity index (χ0v) is 14.0. The lowest BCUT2D eigenvalue weighted by molar-refractivity contribution is 0.0892. The molecule has 0 atom stereocenters. The van der Waals surface area contributed by atoms with Crippen molar-refractivity contribution in [3.05, 3.63) is 24.3 Å². The van der Waals surface area contributed by atoms with Gasteiger partial charge < -0.3 is 18.9 Å². The van der Waals surface area contributed by atoms with E-state index in [-0.39, 0.29) is 0 Å². The molecule has 0 fully saturated rings. The van der Waals surface area contributed by atoms with E-state index in [0.29, 0.717) is 26.4 Å². The van der Waals surface area contributed by atoms with Gasteiger partial charge in [0.2, 0.25) is 0 Å². The van der Waals surface area contributed by atoms with Crippen molar-refractivity contribution in [1.29, 1.82) is 0 Å². The van der Waals surface area contributed by atoms with Crippen molar-refractivity contribution in [2.24, 2.45) is 0 Å². The third kappa shape index (κ3) is 8.90. The first-order valence-corrected chi connectivity index (χ1v) is 8.38. The molecule has 1 rings (SSSR count). The fraction of sp³-hybridized carbons (Fsp3) is 0.667. The summed E-state index contributed by atoms with van der Waals surface area (Å²) in [5.41, 5.74) is 0. The summed E-state index contributed by atoms with van der Waals surface area (Å²) in [5, 5.41) is 0. The third-order valence-electron chi connectivity index (χ3n) is 3.10. The fourth-order valence-corrected chi connectivity index (χ4v) is 1.81. The van der Waals surface area contributed by atoms with Gasteiger partial charge in [-0.05, 0) is 25.0 Å². The summed E-state index contributed by atoms with van der Waals surface area (Å²) in [6.45, 7) is 8.19. The van der Waals surface area contributed by atoms with E-state index < -0.39 is 0 Å². The molecule has 22 heavy (non-hydrogen) atoms. The Morgan fingerprint density at radius 2 is 1.09 bits per heavy atom. The van der Waals surface area contributed by atoms with Crippen LogP contribution in [-0.2, 0) is 9.47 Å². The molecule has 1 aromatic rings. The molecule has 0 N–H and O–H groups in total. The Hall–Kier alpha value is -1.26. The van der Waals surface area contributed by atoms with Crippen molar-refractivity contribution in [2.45, 2.75) is 39.5 Å². The predicted octanol–water partition coefficient (Wildman–Crippen LogP) is 4.08. The van der Waals surface area contributed by atoms with Crippen LogP contribution >= 0.6 is 0 Å². The molecule has 0 aliphatic carbocycles. The number of hydrogen-bond acceptors (Lipinski definition) is 4. The molecule has 0 saturated heterocycles. The Morgan fingerprint density at radius 3 is 1.50 bits per heavy atom. The normalized spacial score (nSPS) is 10.6. The molecule has 1 aromatic carbocycles. The van der Waals surface area contributed by atoms with E-state index in [0.717, 1.165) is 50.4 Å². The van der Waals surface area contributed by atoms with E-state index in [9.17, 15) is 0 Å². The number of rotatable bonds is 14. The average molecular weight is 310 g/mol. The summed E-state index contributed by atoms with van der Waals surface area (Å²) in [6, 6.07) is 7.72. The second-order valence-electron chi connectivity index (χ2n) is 5.08. The Balaban J connectivity index is 2.20. The summed E-state index contributed by atoms with van der Waals surface area (Å²) in [5.74, 6) is 1.52. The smallest absolute Gasteiger partial charge is 0.161 e. The van der Waals surface area contributed by atoms with Gasteiger partial charge in [-0.25, -0.2) is 0 Å². The molecule has 0 heterocycles. The van der Waals surface area contributed by atoms with Crippen LogP contribution in [0, 0.1) is 0 Å². The molecule has 0 aromatic heterocycles. The molecule has 0 aliphatic rings. The maximum Gasteiger partial charge on any atom is 0.161 e. The van der Waals surface area contributed by atoms with Gasteiger partial charge in [0, 0.05) is 13.2 Å². The largest absolute Gasteiger partial charge is 0.487 e. The molecule has 0 radical (unpaired) electrons. The summed E-state index contributed by atoms with van der Waals surface area (Å²) in [7, 11) is 0. The first-order chi connectivity index (χ1) is 10.9. The Morgan fingerprint density at radius 1 is 0.636 bits per heavy atom. The van der Waals surface area contributed by atoms with Crippen molar-refractivity contribution >= 4 is 0 Å². The molecule has 0 aliphatic heterocycles. The third-order valence-corrected chi connectivity index (χ3v) is 3.10. The molecular formula is C18H30O4. The minimum atomic E-state index is 0.539. The molecule has 0 unspecified atom stereocenters. The molecule has 0 amide bonds. The molecular weight excluding hydrogens is 280 g/mol. The SMILES string of the molecule is CCCCOCCOc1ccccc1OCCOCCCC. The van der Waals surface area contributed by atoms with Crippen LogP contribution in [0.1, 0.15) is 39.5 Å². The van der Waals surface area contributed by atoms with Crippen LogP contribution in [-0.4, -0.2) is 39.6 Å². The van der Waals surface area contributed by atoms with Gasteiger partial charge in [-0.3, -0.25) is 0 Å². The van der Waals surface area contributed by atoms with Gasteiger partial charge in [0.05, 0.1) is 13.2 Å². The highest BCUT2D eigenvalue weighted by Gasteiger charge is 2.04. The average Bonchev–Trinajstić information content (AvgIpc) is 2.55. The Kier molecular flexibility index (Phi) is 11.4. The zero-order chi connectivity index (χ0) is 15.9.